The van der Waals surface area contributed by atoms with Crippen molar-refractivity contribution in [3.63, 3.8) is 0 Å². The topological polar surface area (TPSA) is 78.4 Å². The van der Waals surface area contributed by atoms with Crippen molar-refractivity contribution < 1.29 is 19.1 Å². The number of carbonyl (C=O) groups excluding carboxylic acids is 2. The molecular weight excluding hydrogens is 263 g/mol. The van der Waals surface area contributed by atoms with E-state index in [4.69, 9.17) is 0 Å². The molecule has 1 aromatic rings. The summed E-state index contributed by atoms with van der Waals surface area (Å²) in [6.45, 7) is 5.04. The van der Waals surface area contributed by atoms with E-state index in [0.717, 1.165) is 6.07 Å². The maximum atomic E-state index is 13.4. The Morgan fingerprint density at radius 1 is 1.35 bits per heavy atom. The highest BCUT2D eigenvalue weighted by molar-refractivity contribution is 5.96. The van der Waals surface area contributed by atoms with Gasteiger partial charge in [-0.25, -0.2) is 4.39 Å². The van der Waals surface area contributed by atoms with Gasteiger partial charge in [0.15, 0.2) is 0 Å². The molecule has 1 aromatic carbocycles. The van der Waals surface area contributed by atoms with Crippen molar-refractivity contribution in [1.82, 2.24) is 5.32 Å². The summed E-state index contributed by atoms with van der Waals surface area (Å²) in [4.78, 5) is 22.8. The number of rotatable bonds is 5. The highest BCUT2D eigenvalue weighted by Gasteiger charge is 2.13. The maximum Gasteiger partial charge on any atom is 0.251 e. The van der Waals surface area contributed by atoms with Crippen LogP contribution >= 0.6 is 0 Å². The molecule has 0 heterocycles. The Morgan fingerprint density at radius 3 is 2.55 bits per heavy atom. The van der Waals surface area contributed by atoms with E-state index in [0.29, 0.717) is 0 Å². The first-order valence-electron chi connectivity index (χ1n) is 6.34. The zero-order valence-electron chi connectivity index (χ0n) is 11.7. The van der Waals surface area contributed by atoms with Gasteiger partial charge in [0, 0.05) is 19.0 Å². The Kier molecular flexibility index (Phi) is 5.64. The van der Waals surface area contributed by atoms with Crippen LogP contribution < -0.4 is 10.6 Å². The summed E-state index contributed by atoms with van der Waals surface area (Å²) in [7, 11) is 0. The summed E-state index contributed by atoms with van der Waals surface area (Å²) in [5, 5.41) is 14.5. The highest BCUT2D eigenvalue weighted by Crippen LogP contribution is 2.16. The van der Waals surface area contributed by atoms with Gasteiger partial charge in [-0.15, -0.1) is 0 Å². The van der Waals surface area contributed by atoms with Crippen molar-refractivity contribution in [2.75, 3.05) is 11.9 Å². The predicted octanol–water partition coefficient (Wildman–Crippen LogP) is 1.53. The number of amides is 2. The third-order valence-corrected chi connectivity index (χ3v) is 2.78. The van der Waals surface area contributed by atoms with Crippen LogP contribution in [0.3, 0.4) is 0 Å². The van der Waals surface area contributed by atoms with Gasteiger partial charge in [0.2, 0.25) is 5.91 Å². The van der Waals surface area contributed by atoms with Crippen LogP contribution in [-0.2, 0) is 4.79 Å². The summed E-state index contributed by atoms with van der Waals surface area (Å²) in [5.41, 5.74) is 0.167. The summed E-state index contributed by atoms with van der Waals surface area (Å²) in [6, 6.07) is 3.69. The predicted molar refractivity (Wildman–Crippen MR) is 73.9 cm³/mol. The first-order chi connectivity index (χ1) is 9.31. The molecule has 1 rings (SSSR count). The van der Waals surface area contributed by atoms with Crippen LogP contribution in [0.25, 0.3) is 0 Å². The smallest absolute Gasteiger partial charge is 0.251 e. The van der Waals surface area contributed by atoms with Crippen molar-refractivity contribution in [1.29, 1.82) is 0 Å². The van der Waals surface area contributed by atoms with Gasteiger partial charge in [-0.2, -0.15) is 0 Å². The number of carbonyl (C=O) groups is 2. The molecule has 0 bridgehead atoms. The zero-order valence-corrected chi connectivity index (χ0v) is 11.7. The Labute approximate surface area is 117 Å². The number of benzene rings is 1. The minimum absolute atomic E-state index is 0.0264. The van der Waals surface area contributed by atoms with Gasteiger partial charge >= 0.3 is 0 Å². The van der Waals surface area contributed by atoms with Crippen molar-refractivity contribution in [3.8, 4) is 0 Å². The molecule has 0 aromatic heterocycles. The lowest BCUT2D eigenvalue weighted by Crippen LogP contribution is -2.34. The Morgan fingerprint density at radius 2 is 2.00 bits per heavy atom. The van der Waals surface area contributed by atoms with E-state index in [9.17, 15) is 19.1 Å². The van der Waals surface area contributed by atoms with Gasteiger partial charge in [-0.05, 0) is 24.1 Å². The first kappa shape index (κ1) is 16.1. The maximum absolute atomic E-state index is 13.4. The SMILES string of the molecule is CC(=O)Nc1cc(C(=O)NCC(O)C(C)C)ccc1F. The molecule has 6 heteroatoms. The lowest BCUT2D eigenvalue weighted by atomic mass is 10.1. The molecule has 110 valence electrons. The van der Waals surface area contributed by atoms with E-state index in [1.54, 1.807) is 0 Å². The fraction of sp³-hybridized carbons (Fsp3) is 0.429. The van der Waals surface area contributed by atoms with Gasteiger partial charge in [0.1, 0.15) is 5.82 Å². The van der Waals surface area contributed by atoms with Crippen LogP contribution in [0.4, 0.5) is 10.1 Å². The molecule has 0 saturated carbocycles. The molecule has 5 nitrogen and oxygen atoms in total. The average molecular weight is 282 g/mol. The highest BCUT2D eigenvalue weighted by atomic mass is 19.1. The van der Waals surface area contributed by atoms with E-state index in [1.807, 2.05) is 13.8 Å². The molecular formula is C14H19FN2O3. The Hall–Kier alpha value is -1.95. The largest absolute Gasteiger partial charge is 0.391 e. The fourth-order valence-corrected chi connectivity index (χ4v) is 1.49. The van der Waals surface area contributed by atoms with Gasteiger partial charge in [0.25, 0.3) is 5.91 Å². The molecule has 1 unspecified atom stereocenters. The van der Waals surface area contributed by atoms with Gasteiger partial charge in [0.05, 0.1) is 11.8 Å². The number of halogens is 1. The van der Waals surface area contributed by atoms with Crippen LogP contribution in [0.5, 0.6) is 0 Å². The number of aliphatic hydroxyl groups is 1. The van der Waals surface area contributed by atoms with Crippen molar-refractivity contribution in [3.05, 3.63) is 29.6 Å². The van der Waals surface area contributed by atoms with Crippen molar-refractivity contribution in [2.45, 2.75) is 26.9 Å². The zero-order chi connectivity index (χ0) is 15.3. The minimum Gasteiger partial charge on any atom is -0.391 e. The molecule has 0 radical (unpaired) electrons. The molecule has 1 atom stereocenters. The molecule has 0 aliphatic carbocycles. The number of aliphatic hydroxyl groups excluding tert-OH is 1. The van der Waals surface area contributed by atoms with Crippen LogP contribution in [0.1, 0.15) is 31.1 Å². The molecule has 20 heavy (non-hydrogen) atoms. The molecule has 0 saturated heterocycles. The summed E-state index contributed by atoms with van der Waals surface area (Å²) >= 11 is 0. The number of nitrogens with one attached hydrogen (secondary N) is 2. The summed E-state index contributed by atoms with van der Waals surface area (Å²) < 4.78 is 13.4. The van der Waals surface area contributed by atoms with Gasteiger partial charge in [-0.1, -0.05) is 13.8 Å². The van der Waals surface area contributed by atoms with E-state index in [1.165, 1.54) is 19.1 Å². The minimum atomic E-state index is -0.644. The Balaban J connectivity index is 2.76. The fourth-order valence-electron chi connectivity index (χ4n) is 1.49. The molecule has 0 spiro atoms. The summed E-state index contributed by atoms with van der Waals surface area (Å²) in [6.07, 6.45) is -0.644. The average Bonchev–Trinajstić information content (AvgIpc) is 2.37. The van der Waals surface area contributed by atoms with Crippen LogP contribution in [0, 0.1) is 11.7 Å². The lowest BCUT2D eigenvalue weighted by molar-refractivity contribution is -0.114. The van der Waals surface area contributed by atoms with Crippen LogP contribution in [0.15, 0.2) is 18.2 Å². The van der Waals surface area contributed by atoms with Gasteiger partial charge < -0.3 is 15.7 Å². The van der Waals surface area contributed by atoms with E-state index in [-0.39, 0.29) is 23.7 Å². The second-order valence-electron chi connectivity index (χ2n) is 4.90. The third-order valence-electron chi connectivity index (χ3n) is 2.78. The molecule has 0 fully saturated rings. The van der Waals surface area contributed by atoms with Gasteiger partial charge in [-0.3, -0.25) is 9.59 Å². The molecule has 2 amide bonds. The van der Waals surface area contributed by atoms with E-state index in [2.05, 4.69) is 10.6 Å². The second kappa shape index (κ2) is 7.00. The van der Waals surface area contributed by atoms with Crippen LogP contribution in [-0.4, -0.2) is 29.6 Å². The molecule has 0 aliphatic rings. The van der Waals surface area contributed by atoms with E-state index < -0.39 is 23.7 Å². The lowest BCUT2D eigenvalue weighted by Gasteiger charge is -2.15. The summed E-state index contributed by atoms with van der Waals surface area (Å²) in [5.74, 6) is -1.44. The number of hydrogen-bond donors (Lipinski definition) is 3. The monoisotopic (exact) mass is 282 g/mol. The number of hydrogen-bond acceptors (Lipinski definition) is 3. The second-order valence-corrected chi connectivity index (χ2v) is 4.90. The van der Waals surface area contributed by atoms with Crippen molar-refractivity contribution >= 4 is 17.5 Å². The first-order valence-corrected chi connectivity index (χ1v) is 6.34. The third kappa shape index (κ3) is 4.62. The number of anilines is 1. The normalized spacial score (nSPS) is 12.1. The molecule has 0 aliphatic heterocycles. The quantitative estimate of drug-likeness (QED) is 0.766. The van der Waals surface area contributed by atoms with Crippen molar-refractivity contribution in [2.24, 2.45) is 5.92 Å². The Bertz CT molecular complexity index is 503. The van der Waals surface area contributed by atoms with E-state index >= 15 is 0 Å². The molecule has 3 N–H and O–H groups in total. The standard InChI is InChI=1S/C14H19FN2O3/c1-8(2)13(19)7-16-14(20)10-4-5-11(15)12(6-10)17-9(3)18/h4-6,8,13,19H,7H2,1-3H3,(H,16,20)(H,17,18). The van der Waals surface area contributed by atoms with Crippen LogP contribution in [0.2, 0.25) is 0 Å².